The first-order valence-electron chi connectivity index (χ1n) is 9.11. The van der Waals surface area contributed by atoms with Crippen molar-refractivity contribution in [1.82, 2.24) is 15.1 Å². The van der Waals surface area contributed by atoms with E-state index in [-0.39, 0.29) is 0 Å². The Hall–Kier alpha value is -2.91. The number of nitrogens with two attached hydrogens (primary N) is 1. The van der Waals surface area contributed by atoms with Crippen molar-refractivity contribution in [1.29, 1.82) is 0 Å². The van der Waals surface area contributed by atoms with Gasteiger partial charge in [-0.05, 0) is 63.3 Å². The summed E-state index contributed by atoms with van der Waals surface area (Å²) in [6, 6.07) is 10.5. The average Bonchev–Trinajstić information content (AvgIpc) is 3.35. The summed E-state index contributed by atoms with van der Waals surface area (Å²) in [6.07, 6.45) is 2.31. The fourth-order valence-electron chi connectivity index (χ4n) is 3.11. The van der Waals surface area contributed by atoms with Gasteiger partial charge in [0.2, 0.25) is 5.91 Å². The van der Waals surface area contributed by atoms with Crippen LogP contribution >= 0.6 is 11.3 Å². The summed E-state index contributed by atoms with van der Waals surface area (Å²) in [4.78, 5) is 14.3. The molecule has 8 nitrogen and oxygen atoms in total. The van der Waals surface area contributed by atoms with Crippen LogP contribution < -0.4 is 16.4 Å². The molecular weight excluding hydrogens is 376 g/mol. The van der Waals surface area contributed by atoms with Crippen molar-refractivity contribution in [3.05, 3.63) is 41.3 Å². The zero-order valence-electron chi connectivity index (χ0n) is 15.5. The molecule has 0 spiro atoms. The van der Waals surface area contributed by atoms with Crippen molar-refractivity contribution < 1.29 is 9.21 Å². The molecule has 0 atom stereocenters. The molecule has 0 radical (unpaired) electrons. The number of hydrogen-bond donors (Lipinski definition) is 3. The molecule has 3 aromatic rings. The van der Waals surface area contributed by atoms with Crippen molar-refractivity contribution >= 4 is 34.6 Å². The number of likely N-dealkylation sites (tertiary alicyclic amines) is 1. The highest BCUT2D eigenvalue weighted by molar-refractivity contribution is 7.13. The quantitative estimate of drug-likeness (QED) is 0.585. The Balaban J connectivity index is 1.36. The van der Waals surface area contributed by atoms with Gasteiger partial charge in [-0.25, -0.2) is 0 Å². The summed E-state index contributed by atoms with van der Waals surface area (Å²) < 4.78 is 5.63. The predicted molar refractivity (Wildman–Crippen MR) is 110 cm³/mol. The zero-order chi connectivity index (χ0) is 19.5. The van der Waals surface area contributed by atoms with E-state index in [9.17, 15) is 4.79 Å². The van der Waals surface area contributed by atoms with Gasteiger partial charge in [-0.3, -0.25) is 4.79 Å². The van der Waals surface area contributed by atoms with Crippen LogP contribution in [0.25, 0.3) is 10.8 Å². The van der Waals surface area contributed by atoms with Gasteiger partial charge < -0.3 is 25.7 Å². The fraction of sp³-hybridized carbons (Fsp3) is 0.316. The number of carbonyl (C=O) groups is 1. The first-order chi connectivity index (χ1) is 13.6. The van der Waals surface area contributed by atoms with Gasteiger partial charge in [-0.2, -0.15) is 0 Å². The molecule has 146 valence electrons. The Morgan fingerprint density at radius 2 is 1.93 bits per heavy atom. The van der Waals surface area contributed by atoms with Gasteiger partial charge in [0.15, 0.2) is 0 Å². The maximum atomic E-state index is 11.2. The van der Waals surface area contributed by atoms with Crippen LogP contribution in [0.4, 0.5) is 17.4 Å². The van der Waals surface area contributed by atoms with Gasteiger partial charge in [0.1, 0.15) is 0 Å². The summed E-state index contributed by atoms with van der Waals surface area (Å²) in [5.74, 6) is -0.130. The van der Waals surface area contributed by atoms with E-state index in [2.05, 4.69) is 32.8 Å². The molecule has 3 heterocycles. The predicted octanol–water partition coefficient (Wildman–Crippen LogP) is 3.15. The van der Waals surface area contributed by atoms with E-state index in [1.807, 2.05) is 24.3 Å². The number of anilines is 3. The minimum Gasteiger partial charge on any atom is -0.402 e. The molecule has 0 unspecified atom stereocenters. The molecule has 1 amide bonds. The lowest BCUT2D eigenvalue weighted by molar-refractivity contribution is 0.100. The van der Waals surface area contributed by atoms with Crippen LogP contribution in [0.5, 0.6) is 0 Å². The Kier molecular flexibility index (Phi) is 5.27. The number of primary amides is 1. The first kappa shape index (κ1) is 18.5. The minimum atomic E-state index is -0.477. The SMILES string of the molecule is CN1CCC(Nc2ccc(Nc3nnc(-c4cc(C(N)=O)cs4)o3)cc2)CC1. The van der Waals surface area contributed by atoms with Crippen molar-refractivity contribution in [2.24, 2.45) is 5.73 Å². The monoisotopic (exact) mass is 398 g/mol. The van der Waals surface area contributed by atoms with E-state index in [1.54, 1.807) is 11.4 Å². The summed E-state index contributed by atoms with van der Waals surface area (Å²) >= 11 is 1.33. The van der Waals surface area contributed by atoms with Crippen LogP contribution in [0.2, 0.25) is 0 Å². The van der Waals surface area contributed by atoms with Crippen LogP contribution in [0.3, 0.4) is 0 Å². The number of amides is 1. The largest absolute Gasteiger partial charge is 0.402 e. The molecule has 0 bridgehead atoms. The van der Waals surface area contributed by atoms with Crippen molar-refractivity contribution in [2.45, 2.75) is 18.9 Å². The van der Waals surface area contributed by atoms with E-state index in [0.717, 1.165) is 37.3 Å². The highest BCUT2D eigenvalue weighted by Crippen LogP contribution is 2.28. The molecule has 4 N–H and O–H groups in total. The number of nitrogens with zero attached hydrogens (tertiary/aromatic N) is 3. The van der Waals surface area contributed by atoms with Gasteiger partial charge in [0, 0.05) is 22.8 Å². The van der Waals surface area contributed by atoms with Crippen molar-refractivity contribution in [2.75, 3.05) is 30.8 Å². The second kappa shape index (κ2) is 7.99. The zero-order valence-corrected chi connectivity index (χ0v) is 16.3. The lowest BCUT2D eigenvalue weighted by atomic mass is 10.1. The van der Waals surface area contributed by atoms with Gasteiger partial charge in [-0.1, -0.05) is 5.10 Å². The van der Waals surface area contributed by atoms with Gasteiger partial charge >= 0.3 is 6.01 Å². The molecule has 1 fully saturated rings. The Bertz CT molecular complexity index is 944. The average molecular weight is 398 g/mol. The molecule has 2 aromatic heterocycles. The normalized spacial score (nSPS) is 15.5. The Labute approximate surface area is 166 Å². The number of hydrogen-bond acceptors (Lipinski definition) is 8. The Morgan fingerprint density at radius 1 is 1.21 bits per heavy atom. The summed E-state index contributed by atoms with van der Waals surface area (Å²) in [5, 5.41) is 16.4. The number of aromatic nitrogens is 2. The maximum Gasteiger partial charge on any atom is 0.320 e. The molecule has 0 saturated carbocycles. The molecule has 1 aromatic carbocycles. The fourth-order valence-corrected chi connectivity index (χ4v) is 3.93. The third kappa shape index (κ3) is 4.32. The molecule has 1 saturated heterocycles. The van der Waals surface area contributed by atoms with Gasteiger partial charge in [0.25, 0.3) is 5.89 Å². The number of thiophene rings is 1. The lowest BCUT2D eigenvalue weighted by Gasteiger charge is -2.30. The second-order valence-electron chi connectivity index (χ2n) is 6.90. The van der Waals surface area contributed by atoms with Crippen molar-refractivity contribution in [3.8, 4) is 10.8 Å². The highest BCUT2D eigenvalue weighted by Gasteiger charge is 2.16. The minimum absolute atomic E-state index is 0.292. The summed E-state index contributed by atoms with van der Waals surface area (Å²) in [7, 11) is 2.16. The van der Waals surface area contributed by atoms with E-state index in [1.165, 1.54) is 11.3 Å². The lowest BCUT2D eigenvalue weighted by Crippen LogP contribution is -2.36. The first-order valence-corrected chi connectivity index (χ1v) is 9.99. The highest BCUT2D eigenvalue weighted by atomic mass is 32.1. The summed E-state index contributed by atoms with van der Waals surface area (Å²) in [6.45, 7) is 2.25. The van der Waals surface area contributed by atoms with E-state index >= 15 is 0 Å². The smallest absolute Gasteiger partial charge is 0.320 e. The maximum absolute atomic E-state index is 11.2. The number of nitrogens with one attached hydrogen (secondary N) is 2. The molecule has 9 heteroatoms. The third-order valence-corrected chi connectivity index (χ3v) is 5.66. The second-order valence-corrected chi connectivity index (χ2v) is 7.81. The van der Waals surface area contributed by atoms with Gasteiger partial charge in [0.05, 0.1) is 10.4 Å². The van der Waals surface area contributed by atoms with Crippen LogP contribution in [-0.2, 0) is 0 Å². The molecule has 1 aliphatic rings. The molecule has 0 aliphatic carbocycles. The van der Waals surface area contributed by atoms with E-state index < -0.39 is 5.91 Å². The van der Waals surface area contributed by atoms with Gasteiger partial charge in [-0.15, -0.1) is 16.4 Å². The Morgan fingerprint density at radius 3 is 2.61 bits per heavy atom. The van der Waals surface area contributed by atoms with Crippen LogP contribution in [0.15, 0.2) is 40.1 Å². The standard InChI is InChI=1S/C19H22N6O2S/c1-25-8-6-15(7-9-25)21-13-2-4-14(5-3-13)22-19-24-23-18(27-19)16-10-12(11-28-16)17(20)26/h2-5,10-11,15,21H,6-9H2,1H3,(H2,20,26)(H,22,24). The topological polar surface area (TPSA) is 109 Å². The summed E-state index contributed by atoms with van der Waals surface area (Å²) in [5.41, 5.74) is 7.66. The van der Waals surface area contributed by atoms with Crippen LogP contribution in [-0.4, -0.2) is 47.2 Å². The van der Waals surface area contributed by atoms with E-state index in [4.69, 9.17) is 10.2 Å². The molecule has 1 aliphatic heterocycles. The van der Waals surface area contributed by atoms with Crippen molar-refractivity contribution in [3.63, 3.8) is 0 Å². The van der Waals surface area contributed by atoms with Crippen LogP contribution in [0, 0.1) is 0 Å². The number of piperidine rings is 1. The third-order valence-electron chi connectivity index (χ3n) is 4.75. The molecule has 28 heavy (non-hydrogen) atoms. The number of carbonyl (C=O) groups excluding carboxylic acids is 1. The number of rotatable bonds is 6. The molecule has 4 rings (SSSR count). The van der Waals surface area contributed by atoms with E-state index in [0.29, 0.717) is 28.4 Å². The van der Waals surface area contributed by atoms with Crippen LogP contribution in [0.1, 0.15) is 23.2 Å². The number of benzene rings is 1. The molecular formula is C19H22N6O2S.